The van der Waals surface area contributed by atoms with Crippen LogP contribution in [-0.4, -0.2) is 19.0 Å². The number of hydrogen-bond acceptors (Lipinski definition) is 3. The van der Waals surface area contributed by atoms with Crippen molar-refractivity contribution in [1.82, 2.24) is 0 Å². The minimum absolute atomic E-state index is 0.0175. The van der Waals surface area contributed by atoms with Gasteiger partial charge in [-0.25, -0.2) is 4.79 Å². The molecule has 24 heavy (non-hydrogen) atoms. The second kappa shape index (κ2) is 8.32. The molecule has 4 nitrogen and oxygen atoms in total. The Balaban J connectivity index is 2.06. The van der Waals surface area contributed by atoms with Crippen molar-refractivity contribution in [2.75, 3.05) is 12.4 Å². The Hall–Kier alpha value is -1.84. The third-order valence-electron chi connectivity index (χ3n) is 5.21. The van der Waals surface area contributed by atoms with Crippen molar-refractivity contribution < 1.29 is 14.3 Å². The van der Waals surface area contributed by atoms with Crippen molar-refractivity contribution in [3.63, 3.8) is 0 Å². The molecule has 3 unspecified atom stereocenters. The molecule has 1 aliphatic carbocycles. The van der Waals surface area contributed by atoms with Crippen molar-refractivity contribution in [3.8, 4) is 0 Å². The van der Waals surface area contributed by atoms with E-state index < -0.39 is 5.97 Å². The molecule has 1 saturated carbocycles. The summed E-state index contributed by atoms with van der Waals surface area (Å²) in [7, 11) is 1.34. The lowest BCUT2D eigenvalue weighted by atomic mass is 9.69. The van der Waals surface area contributed by atoms with Gasteiger partial charge in [-0.15, -0.1) is 0 Å². The third kappa shape index (κ3) is 4.59. The number of nitrogens with one attached hydrogen (secondary N) is 1. The number of benzene rings is 1. The third-order valence-corrected chi connectivity index (χ3v) is 5.21. The van der Waals surface area contributed by atoms with E-state index in [1.54, 1.807) is 18.2 Å². The van der Waals surface area contributed by atoms with Crippen LogP contribution in [-0.2, 0) is 9.53 Å². The van der Waals surface area contributed by atoms with Gasteiger partial charge < -0.3 is 10.1 Å². The maximum atomic E-state index is 12.6. The van der Waals surface area contributed by atoms with Gasteiger partial charge in [-0.3, -0.25) is 4.79 Å². The number of rotatable bonds is 5. The van der Waals surface area contributed by atoms with Crippen LogP contribution in [0.15, 0.2) is 24.3 Å². The fourth-order valence-electron chi connectivity index (χ4n) is 3.95. The van der Waals surface area contributed by atoms with Crippen molar-refractivity contribution in [3.05, 3.63) is 29.8 Å². The highest BCUT2D eigenvalue weighted by molar-refractivity contribution is 6.01. The fourth-order valence-corrected chi connectivity index (χ4v) is 3.95. The lowest BCUT2D eigenvalue weighted by Gasteiger charge is -2.37. The van der Waals surface area contributed by atoms with Gasteiger partial charge in [0.2, 0.25) is 5.91 Å². The van der Waals surface area contributed by atoms with E-state index in [-0.39, 0.29) is 5.91 Å². The molecule has 1 fully saturated rings. The monoisotopic (exact) mass is 331 g/mol. The predicted molar refractivity (Wildman–Crippen MR) is 95.9 cm³/mol. The van der Waals surface area contributed by atoms with E-state index in [2.05, 4.69) is 26.1 Å². The fraction of sp³-hybridized carbons (Fsp3) is 0.600. The van der Waals surface area contributed by atoms with Gasteiger partial charge in [-0.1, -0.05) is 39.3 Å². The minimum Gasteiger partial charge on any atom is -0.465 e. The molecule has 0 bridgehead atoms. The average molecular weight is 331 g/mol. The van der Waals surface area contributed by atoms with E-state index in [9.17, 15) is 9.59 Å². The maximum absolute atomic E-state index is 12.6. The molecule has 1 aromatic carbocycles. The predicted octanol–water partition coefficient (Wildman–Crippen LogP) is 4.51. The molecule has 3 atom stereocenters. The zero-order valence-electron chi connectivity index (χ0n) is 15.2. The molecule has 4 heteroatoms. The number of hydrogen-bond donors (Lipinski definition) is 1. The lowest BCUT2D eigenvalue weighted by Crippen LogP contribution is -2.31. The first kappa shape index (κ1) is 18.5. The van der Waals surface area contributed by atoms with Crippen molar-refractivity contribution in [2.24, 2.45) is 23.7 Å². The normalized spacial score (nSPS) is 23.8. The Morgan fingerprint density at radius 1 is 1.25 bits per heavy atom. The molecule has 1 amide bonds. The Bertz CT molecular complexity index is 582. The second-order valence-electron chi connectivity index (χ2n) is 7.38. The molecular weight excluding hydrogens is 302 g/mol. The van der Waals surface area contributed by atoms with Gasteiger partial charge in [0.15, 0.2) is 0 Å². The van der Waals surface area contributed by atoms with E-state index in [1.165, 1.54) is 20.0 Å². The molecular formula is C20H29NO3. The number of carbonyl (C=O) groups excluding carboxylic acids is 2. The number of esters is 1. The standard InChI is InChI=1S/C20H29NO3/c1-13(2)16-10-9-14(3)11-15(16)12-19(22)21-18-8-6-5-7-17(18)20(23)24-4/h5-8,13-16H,9-12H2,1-4H3,(H,21,22). The number of amides is 1. The summed E-state index contributed by atoms with van der Waals surface area (Å²) in [6.45, 7) is 6.77. The first-order chi connectivity index (χ1) is 11.4. The van der Waals surface area contributed by atoms with Crippen LogP contribution in [0.4, 0.5) is 5.69 Å². The van der Waals surface area contributed by atoms with Crippen LogP contribution in [0.1, 0.15) is 56.8 Å². The second-order valence-corrected chi connectivity index (χ2v) is 7.38. The molecule has 0 aliphatic heterocycles. The van der Waals surface area contributed by atoms with Gasteiger partial charge in [0.05, 0.1) is 18.4 Å². The summed E-state index contributed by atoms with van der Waals surface area (Å²) in [6, 6.07) is 6.98. The number of carbonyl (C=O) groups is 2. The molecule has 0 spiro atoms. The summed E-state index contributed by atoms with van der Waals surface area (Å²) in [5.41, 5.74) is 0.921. The molecule has 0 heterocycles. The van der Waals surface area contributed by atoms with Crippen LogP contribution in [0.3, 0.4) is 0 Å². The summed E-state index contributed by atoms with van der Waals surface area (Å²) >= 11 is 0. The van der Waals surface area contributed by atoms with E-state index in [0.29, 0.717) is 41.3 Å². The number of methoxy groups -OCH3 is 1. The topological polar surface area (TPSA) is 55.4 Å². The molecule has 132 valence electrons. The highest BCUT2D eigenvalue weighted by Gasteiger charge is 2.32. The van der Waals surface area contributed by atoms with Gasteiger partial charge in [0.1, 0.15) is 0 Å². The van der Waals surface area contributed by atoms with Crippen molar-refractivity contribution in [1.29, 1.82) is 0 Å². The summed E-state index contributed by atoms with van der Waals surface area (Å²) in [5, 5.41) is 2.91. The van der Waals surface area contributed by atoms with Crippen LogP contribution in [0.5, 0.6) is 0 Å². The van der Waals surface area contributed by atoms with Crippen LogP contribution in [0.25, 0.3) is 0 Å². The van der Waals surface area contributed by atoms with E-state index in [4.69, 9.17) is 4.74 Å². The van der Waals surface area contributed by atoms with E-state index >= 15 is 0 Å². The molecule has 1 N–H and O–H groups in total. The van der Waals surface area contributed by atoms with Crippen LogP contribution in [0, 0.1) is 23.7 Å². The number of anilines is 1. The molecule has 0 saturated heterocycles. The minimum atomic E-state index is -0.433. The lowest BCUT2D eigenvalue weighted by molar-refractivity contribution is -0.118. The Morgan fingerprint density at radius 3 is 2.62 bits per heavy atom. The largest absolute Gasteiger partial charge is 0.465 e. The number of ether oxygens (including phenoxy) is 1. The van der Waals surface area contributed by atoms with Gasteiger partial charge in [-0.05, 0) is 48.6 Å². The van der Waals surface area contributed by atoms with Gasteiger partial charge >= 0.3 is 5.97 Å². The van der Waals surface area contributed by atoms with Crippen LogP contribution < -0.4 is 5.32 Å². The highest BCUT2D eigenvalue weighted by Crippen LogP contribution is 2.39. The van der Waals surface area contributed by atoms with Crippen LogP contribution >= 0.6 is 0 Å². The summed E-state index contributed by atoms with van der Waals surface area (Å²) in [5.74, 6) is 1.84. The molecule has 1 aliphatic rings. The summed E-state index contributed by atoms with van der Waals surface area (Å²) in [4.78, 5) is 24.4. The van der Waals surface area contributed by atoms with Crippen LogP contribution in [0.2, 0.25) is 0 Å². The SMILES string of the molecule is COC(=O)c1ccccc1NC(=O)CC1CC(C)CCC1C(C)C. The summed E-state index contributed by atoms with van der Waals surface area (Å²) in [6.07, 6.45) is 4.08. The van der Waals surface area contributed by atoms with Gasteiger partial charge in [0, 0.05) is 6.42 Å². The summed E-state index contributed by atoms with van der Waals surface area (Å²) < 4.78 is 4.78. The van der Waals surface area contributed by atoms with Gasteiger partial charge in [0.25, 0.3) is 0 Å². The van der Waals surface area contributed by atoms with E-state index in [0.717, 1.165) is 6.42 Å². The Kier molecular flexibility index (Phi) is 6.41. The zero-order valence-corrected chi connectivity index (χ0v) is 15.2. The van der Waals surface area contributed by atoms with E-state index in [1.807, 2.05) is 6.07 Å². The van der Waals surface area contributed by atoms with Crippen molar-refractivity contribution >= 4 is 17.6 Å². The first-order valence-corrected chi connectivity index (χ1v) is 8.89. The average Bonchev–Trinajstić information content (AvgIpc) is 2.54. The zero-order chi connectivity index (χ0) is 17.7. The molecule has 0 radical (unpaired) electrons. The van der Waals surface area contributed by atoms with Gasteiger partial charge in [-0.2, -0.15) is 0 Å². The Morgan fingerprint density at radius 2 is 1.96 bits per heavy atom. The highest BCUT2D eigenvalue weighted by atomic mass is 16.5. The molecule has 0 aromatic heterocycles. The number of para-hydroxylation sites is 1. The Labute approximate surface area is 145 Å². The smallest absolute Gasteiger partial charge is 0.339 e. The first-order valence-electron chi connectivity index (χ1n) is 8.89. The quantitative estimate of drug-likeness (QED) is 0.808. The molecule has 1 aromatic rings. The van der Waals surface area contributed by atoms with Crippen molar-refractivity contribution in [2.45, 2.75) is 46.5 Å². The maximum Gasteiger partial charge on any atom is 0.339 e. The molecule has 2 rings (SSSR count).